The van der Waals surface area contributed by atoms with Crippen molar-refractivity contribution in [2.45, 2.75) is 38.5 Å². The van der Waals surface area contributed by atoms with E-state index in [0.29, 0.717) is 11.2 Å². The molecular formula is C13H19NO2S2. The van der Waals surface area contributed by atoms with Crippen molar-refractivity contribution < 1.29 is 4.92 Å². The molecule has 2 atom stereocenters. The molecule has 0 N–H and O–H groups in total. The van der Waals surface area contributed by atoms with E-state index in [9.17, 15) is 10.1 Å². The molecule has 0 heterocycles. The molecule has 2 unspecified atom stereocenters. The largest absolute Gasteiger partial charge is 0.263 e. The molecular weight excluding hydrogens is 266 g/mol. The molecule has 0 radical (unpaired) electrons. The van der Waals surface area contributed by atoms with E-state index in [1.54, 1.807) is 46.7 Å². The summed E-state index contributed by atoms with van der Waals surface area (Å²) < 4.78 is 0. The van der Waals surface area contributed by atoms with Crippen LogP contribution in [0.5, 0.6) is 0 Å². The van der Waals surface area contributed by atoms with Gasteiger partial charge in [-0.25, -0.2) is 0 Å². The zero-order valence-corrected chi connectivity index (χ0v) is 12.8. The van der Waals surface area contributed by atoms with Crippen molar-refractivity contribution in [1.82, 2.24) is 0 Å². The maximum absolute atomic E-state index is 11.0. The third-order valence-electron chi connectivity index (χ3n) is 2.91. The first kappa shape index (κ1) is 15.4. The van der Waals surface area contributed by atoms with Crippen LogP contribution in [0.2, 0.25) is 0 Å². The highest BCUT2D eigenvalue weighted by Crippen LogP contribution is 2.38. The van der Waals surface area contributed by atoms with Crippen molar-refractivity contribution in [3.8, 4) is 0 Å². The van der Waals surface area contributed by atoms with Crippen LogP contribution in [-0.2, 0) is 0 Å². The second-order valence-electron chi connectivity index (χ2n) is 4.87. The Hall–Kier alpha value is -0.680. The summed E-state index contributed by atoms with van der Waals surface area (Å²) in [6.07, 6.45) is 8.80. The standard InChI is InChI=1S/C13H19NO2S2/c1-10(2)11(3)17-18-12-6-5-8-13(4,9-7-12)14(15)16/h5-11H,1-4H3. The summed E-state index contributed by atoms with van der Waals surface area (Å²) in [6.45, 7) is 8.18. The molecule has 5 heteroatoms. The predicted molar refractivity (Wildman–Crippen MR) is 81.2 cm³/mol. The van der Waals surface area contributed by atoms with Crippen LogP contribution in [0.15, 0.2) is 35.3 Å². The van der Waals surface area contributed by atoms with Gasteiger partial charge < -0.3 is 0 Å². The van der Waals surface area contributed by atoms with E-state index in [1.807, 2.05) is 12.2 Å². The normalized spacial score (nSPS) is 24.8. The lowest BCUT2D eigenvalue weighted by Crippen LogP contribution is -2.29. The van der Waals surface area contributed by atoms with Gasteiger partial charge in [0, 0.05) is 22.0 Å². The van der Waals surface area contributed by atoms with E-state index >= 15 is 0 Å². The highest BCUT2D eigenvalue weighted by molar-refractivity contribution is 8.78. The first-order chi connectivity index (χ1) is 8.35. The summed E-state index contributed by atoms with van der Waals surface area (Å²) in [5.74, 6) is 0.623. The summed E-state index contributed by atoms with van der Waals surface area (Å²) in [7, 11) is 3.48. The highest BCUT2D eigenvalue weighted by atomic mass is 33.1. The molecule has 0 aliphatic heterocycles. The van der Waals surface area contributed by atoms with Crippen LogP contribution in [0.1, 0.15) is 27.7 Å². The van der Waals surface area contributed by atoms with Crippen LogP contribution in [-0.4, -0.2) is 15.7 Å². The molecule has 1 aliphatic carbocycles. The second kappa shape index (κ2) is 6.48. The number of nitro groups is 1. The van der Waals surface area contributed by atoms with Crippen LogP contribution >= 0.6 is 21.6 Å². The number of hydrogen-bond donors (Lipinski definition) is 0. The van der Waals surface area contributed by atoms with Gasteiger partial charge in [-0.3, -0.25) is 10.1 Å². The fourth-order valence-electron chi connectivity index (χ4n) is 1.12. The average molecular weight is 285 g/mol. The van der Waals surface area contributed by atoms with Gasteiger partial charge in [-0.2, -0.15) is 0 Å². The fraction of sp³-hybridized carbons (Fsp3) is 0.538. The van der Waals surface area contributed by atoms with Gasteiger partial charge in [-0.1, -0.05) is 48.4 Å². The molecule has 0 aromatic heterocycles. The van der Waals surface area contributed by atoms with Crippen molar-refractivity contribution in [2.24, 2.45) is 5.92 Å². The van der Waals surface area contributed by atoms with Crippen LogP contribution in [0.4, 0.5) is 0 Å². The van der Waals surface area contributed by atoms with Crippen LogP contribution in [0, 0.1) is 16.0 Å². The zero-order valence-electron chi connectivity index (χ0n) is 11.1. The zero-order chi connectivity index (χ0) is 13.8. The van der Waals surface area contributed by atoms with Crippen molar-refractivity contribution in [3.63, 3.8) is 0 Å². The van der Waals surface area contributed by atoms with Crippen LogP contribution in [0.3, 0.4) is 0 Å². The van der Waals surface area contributed by atoms with Crippen LogP contribution < -0.4 is 0 Å². The third kappa shape index (κ3) is 4.21. The predicted octanol–water partition coefficient (Wildman–Crippen LogP) is 4.46. The molecule has 3 nitrogen and oxygen atoms in total. The van der Waals surface area contributed by atoms with Gasteiger partial charge in [0.1, 0.15) is 0 Å². The van der Waals surface area contributed by atoms with Crippen molar-refractivity contribution in [3.05, 3.63) is 45.4 Å². The molecule has 0 amide bonds. The highest BCUT2D eigenvalue weighted by Gasteiger charge is 2.30. The van der Waals surface area contributed by atoms with Gasteiger partial charge in [0.2, 0.25) is 0 Å². The quantitative estimate of drug-likeness (QED) is 0.425. The number of hydrogen-bond acceptors (Lipinski definition) is 4. The van der Waals surface area contributed by atoms with Gasteiger partial charge in [0.15, 0.2) is 0 Å². The van der Waals surface area contributed by atoms with Gasteiger partial charge in [-0.15, -0.1) is 0 Å². The van der Waals surface area contributed by atoms with E-state index in [4.69, 9.17) is 0 Å². The lowest BCUT2D eigenvalue weighted by atomic mass is 10.0. The second-order valence-corrected chi connectivity index (χ2v) is 7.52. The Morgan fingerprint density at radius 2 is 2.00 bits per heavy atom. The third-order valence-corrected chi connectivity index (χ3v) is 6.09. The number of allylic oxidation sites excluding steroid dienone is 3. The van der Waals surface area contributed by atoms with Crippen molar-refractivity contribution >= 4 is 21.6 Å². The van der Waals surface area contributed by atoms with E-state index in [2.05, 4.69) is 20.8 Å². The molecule has 1 rings (SSSR count). The molecule has 0 fully saturated rings. The molecule has 0 saturated heterocycles. The summed E-state index contributed by atoms with van der Waals surface area (Å²) >= 11 is 0. The molecule has 0 spiro atoms. The minimum Gasteiger partial charge on any atom is -0.263 e. The molecule has 18 heavy (non-hydrogen) atoms. The van der Waals surface area contributed by atoms with E-state index in [-0.39, 0.29) is 4.92 Å². The van der Waals surface area contributed by atoms with E-state index < -0.39 is 5.54 Å². The minimum absolute atomic E-state index is 0.272. The molecule has 0 bridgehead atoms. The van der Waals surface area contributed by atoms with E-state index in [1.165, 1.54) is 0 Å². The molecule has 0 aromatic rings. The Morgan fingerprint density at radius 3 is 2.56 bits per heavy atom. The maximum Gasteiger partial charge on any atom is 0.256 e. The van der Waals surface area contributed by atoms with Gasteiger partial charge in [0.05, 0.1) is 0 Å². The lowest BCUT2D eigenvalue weighted by Gasteiger charge is -2.14. The summed E-state index contributed by atoms with van der Waals surface area (Å²) in [6, 6.07) is 0. The monoisotopic (exact) mass is 285 g/mol. The Labute approximate surface area is 116 Å². The van der Waals surface area contributed by atoms with Gasteiger partial charge in [0.25, 0.3) is 5.54 Å². The average Bonchev–Trinajstić information content (AvgIpc) is 2.49. The molecule has 100 valence electrons. The minimum atomic E-state index is -1.09. The van der Waals surface area contributed by atoms with Crippen LogP contribution in [0.25, 0.3) is 0 Å². The topological polar surface area (TPSA) is 43.1 Å². The SMILES string of the molecule is CC(C)C(C)SSC1=CC=CC(C)([N+](=O)[O-])C=C1. The van der Waals surface area contributed by atoms with Crippen molar-refractivity contribution in [1.29, 1.82) is 0 Å². The summed E-state index contributed by atoms with van der Waals surface area (Å²) in [5.41, 5.74) is -1.09. The fourth-order valence-corrected chi connectivity index (χ4v) is 3.65. The Kier molecular flexibility index (Phi) is 5.53. The summed E-state index contributed by atoms with van der Waals surface area (Å²) in [4.78, 5) is 11.7. The van der Waals surface area contributed by atoms with Gasteiger partial charge in [-0.05, 0) is 30.2 Å². The number of nitrogens with zero attached hydrogens (tertiary/aromatic N) is 1. The Morgan fingerprint density at radius 1 is 1.33 bits per heavy atom. The van der Waals surface area contributed by atoms with E-state index in [0.717, 1.165) is 4.91 Å². The first-order valence-electron chi connectivity index (χ1n) is 5.92. The smallest absolute Gasteiger partial charge is 0.256 e. The lowest BCUT2D eigenvalue weighted by molar-refractivity contribution is -0.535. The molecule has 1 aliphatic rings. The summed E-state index contributed by atoms with van der Waals surface area (Å²) in [5, 5.41) is 11.5. The Balaban J connectivity index is 2.64. The Bertz CT molecular complexity index is 402. The van der Waals surface area contributed by atoms with Gasteiger partial charge >= 0.3 is 0 Å². The molecule has 0 saturated carbocycles. The maximum atomic E-state index is 11.0. The number of rotatable bonds is 5. The van der Waals surface area contributed by atoms with Crippen molar-refractivity contribution in [2.75, 3.05) is 0 Å². The molecule has 0 aromatic carbocycles. The first-order valence-corrected chi connectivity index (χ1v) is 8.13.